The van der Waals surface area contributed by atoms with Crippen LogP contribution in [0.1, 0.15) is 70.2 Å². The van der Waals surface area contributed by atoms with E-state index in [9.17, 15) is 0 Å². The highest BCUT2D eigenvalue weighted by Crippen LogP contribution is 2.31. The van der Waals surface area contributed by atoms with Crippen LogP contribution in [0.4, 0.5) is 11.4 Å². The quantitative estimate of drug-likeness (QED) is 0.549. The van der Waals surface area contributed by atoms with Crippen LogP contribution >= 0.6 is 0 Å². The lowest BCUT2D eigenvalue weighted by Crippen LogP contribution is -2.18. The van der Waals surface area contributed by atoms with Crippen molar-refractivity contribution < 1.29 is 0 Å². The van der Waals surface area contributed by atoms with Crippen molar-refractivity contribution in [3.05, 3.63) is 58.7 Å². The highest BCUT2D eigenvalue weighted by atomic mass is 14.9. The van der Waals surface area contributed by atoms with Gasteiger partial charge in [-0.2, -0.15) is 0 Å². The Morgan fingerprint density at radius 1 is 0.630 bits per heavy atom. The maximum absolute atomic E-state index is 3.65. The molecule has 2 heteroatoms. The minimum Gasteiger partial charge on any atom is -0.385 e. The van der Waals surface area contributed by atoms with Crippen LogP contribution in [0.5, 0.6) is 0 Å². The second-order valence-electron chi connectivity index (χ2n) is 9.81. The SMILES string of the molecule is Cc1ccc(NCCCNc2ccc(C)cc2C(C)(C)C)c(C(C)(C)C)c1. The van der Waals surface area contributed by atoms with Gasteiger partial charge < -0.3 is 10.6 Å². The number of hydrogen-bond acceptors (Lipinski definition) is 2. The Labute approximate surface area is 166 Å². The van der Waals surface area contributed by atoms with Gasteiger partial charge in [0.15, 0.2) is 0 Å². The van der Waals surface area contributed by atoms with Crippen LogP contribution in [0.25, 0.3) is 0 Å². The predicted molar refractivity (Wildman–Crippen MR) is 121 cm³/mol. The average molecular weight is 367 g/mol. The molecule has 2 rings (SSSR count). The van der Waals surface area contributed by atoms with Gasteiger partial charge in [0, 0.05) is 24.5 Å². The Morgan fingerprint density at radius 3 is 1.33 bits per heavy atom. The molecular weight excluding hydrogens is 328 g/mol. The summed E-state index contributed by atoms with van der Waals surface area (Å²) in [6.45, 7) is 19.9. The molecule has 0 fully saturated rings. The second-order valence-corrected chi connectivity index (χ2v) is 9.81. The van der Waals surface area contributed by atoms with E-state index < -0.39 is 0 Å². The molecule has 0 amide bonds. The number of nitrogens with one attached hydrogen (secondary N) is 2. The summed E-state index contributed by atoms with van der Waals surface area (Å²) in [4.78, 5) is 0. The third-order valence-corrected chi connectivity index (χ3v) is 4.95. The van der Waals surface area contributed by atoms with Crippen molar-refractivity contribution in [2.24, 2.45) is 0 Å². The fraction of sp³-hybridized carbons (Fsp3) is 0.520. The van der Waals surface area contributed by atoms with E-state index in [2.05, 4.69) is 102 Å². The standard InChI is InChI=1S/C25H38N2/c1-18-10-12-22(20(16-18)24(3,4)5)26-14-9-15-27-23-13-11-19(2)17-21(23)25(6,7)8/h10-13,16-17,26-27H,9,14-15H2,1-8H3. The van der Waals surface area contributed by atoms with Crippen molar-refractivity contribution in [3.8, 4) is 0 Å². The number of anilines is 2. The minimum absolute atomic E-state index is 0.149. The lowest BCUT2D eigenvalue weighted by molar-refractivity contribution is 0.590. The zero-order chi connectivity index (χ0) is 20.2. The summed E-state index contributed by atoms with van der Waals surface area (Å²) in [5.41, 5.74) is 8.25. The van der Waals surface area contributed by atoms with E-state index in [1.54, 1.807) is 0 Å². The zero-order valence-corrected chi connectivity index (χ0v) is 18.6. The van der Waals surface area contributed by atoms with Gasteiger partial charge >= 0.3 is 0 Å². The molecule has 0 aliphatic carbocycles. The van der Waals surface area contributed by atoms with Crippen molar-refractivity contribution in [1.29, 1.82) is 0 Å². The molecule has 0 spiro atoms. The first kappa shape index (κ1) is 21.3. The van der Waals surface area contributed by atoms with Gasteiger partial charge in [0.1, 0.15) is 0 Å². The molecule has 0 unspecified atom stereocenters. The van der Waals surface area contributed by atoms with Gasteiger partial charge in [0.25, 0.3) is 0 Å². The summed E-state index contributed by atoms with van der Waals surface area (Å²) in [6, 6.07) is 13.4. The van der Waals surface area contributed by atoms with Crippen molar-refractivity contribution in [1.82, 2.24) is 0 Å². The first-order chi connectivity index (χ1) is 12.5. The second kappa shape index (κ2) is 8.37. The van der Waals surface area contributed by atoms with Gasteiger partial charge in [-0.3, -0.25) is 0 Å². The maximum Gasteiger partial charge on any atom is 0.0378 e. The van der Waals surface area contributed by atoms with E-state index >= 15 is 0 Å². The number of hydrogen-bond donors (Lipinski definition) is 2. The molecule has 2 aromatic carbocycles. The normalized spacial score (nSPS) is 12.1. The van der Waals surface area contributed by atoms with Crippen molar-refractivity contribution >= 4 is 11.4 Å². The maximum atomic E-state index is 3.65. The Hall–Kier alpha value is -1.96. The Bertz CT molecular complexity index is 695. The lowest BCUT2D eigenvalue weighted by Gasteiger charge is -2.25. The zero-order valence-electron chi connectivity index (χ0n) is 18.6. The van der Waals surface area contributed by atoms with Gasteiger partial charge in [-0.25, -0.2) is 0 Å². The molecule has 0 radical (unpaired) electrons. The van der Waals surface area contributed by atoms with E-state index in [0.717, 1.165) is 19.5 Å². The topological polar surface area (TPSA) is 24.1 Å². The van der Waals surface area contributed by atoms with Crippen LogP contribution in [-0.4, -0.2) is 13.1 Å². The highest BCUT2D eigenvalue weighted by Gasteiger charge is 2.19. The van der Waals surface area contributed by atoms with Gasteiger partial charge in [0.05, 0.1) is 0 Å². The molecule has 2 nitrogen and oxygen atoms in total. The van der Waals surface area contributed by atoms with Crippen LogP contribution in [-0.2, 0) is 10.8 Å². The molecule has 0 bridgehead atoms. The first-order valence-electron chi connectivity index (χ1n) is 10.2. The number of aryl methyl sites for hydroxylation is 2. The number of benzene rings is 2. The summed E-state index contributed by atoms with van der Waals surface area (Å²) in [5.74, 6) is 0. The molecule has 0 aliphatic heterocycles. The molecule has 0 aliphatic rings. The molecule has 27 heavy (non-hydrogen) atoms. The van der Waals surface area contributed by atoms with Gasteiger partial charge in [-0.1, -0.05) is 76.9 Å². The molecule has 0 saturated heterocycles. The van der Waals surface area contributed by atoms with E-state index in [1.165, 1.54) is 33.6 Å². The van der Waals surface area contributed by atoms with Crippen LogP contribution in [0.15, 0.2) is 36.4 Å². The smallest absolute Gasteiger partial charge is 0.0378 e. The largest absolute Gasteiger partial charge is 0.385 e. The Balaban J connectivity index is 1.95. The highest BCUT2D eigenvalue weighted by molar-refractivity contribution is 5.56. The fourth-order valence-corrected chi connectivity index (χ4v) is 3.40. The molecule has 2 N–H and O–H groups in total. The molecule has 0 atom stereocenters. The van der Waals surface area contributed by atoms with Crippen LogP contribution < -0.4 is 10.6 Å². The van der Waals surface area contributed by atoms with Gasteiger partial charge in [-0.15, -0.1) is 0 Å². The molecule has 0 aromatic heterocycles. The monoisotopic (exact) mass is 366 g/mol. The lowest BCUT2D eigenvalue weighted by atomic mass is 9.85. The molecule has 0 heterocycles. The summed E-state index contributed by atoms with van der Waals surface area (Å²) in [6.07, 6.45) is 1.08. The van der Waals surface area contributed by atoms with Crippen molar-refractivity contribution in [3.63, 3.8) is 0 Å². The summed E-state index contributed by atoms with van der Waals surface area (Å²) < 4.78 is 0. The first-order valence-corrected chi connectivity index (χ1v) is 10.2. The van der Waals surface area contributed by atoms with E-state index in [0.29, 0.717) is 0 Å². The fourth-order valence-electron chi connectivity index (χ4n) is 3.40. The molecule has 0 saturated carbocycles. The Morgan fingerprint density at radius 2 is 1.00 bits per heavy atom. The average Bonchev–Trinajstić information content (AvgIpc) is 2.55. The van der Waals surface area contributed by atoms with Crippen molar-refractivity contribution in [2.75, 3.05) is 23.7 Å². The van der Waals surface area contributed by atoms with Gasteiger partial charge in [0.2, 0.25) is 0 Å². The predicted octanol–water partition coefficient (Wildman–Crippen LogP) is 6.81. The van der Waals surface area contributed by atoms with E-state index in [4.69, 9.17) is 0 Å². The third kappa shape index (κ3) is 6.02. The third-order valence-electron chi connectivity index (χ3n) is 4.95. The van der Waals surface area contributed by atoms with Crippen molar-refractivity contribution in [2.45, 2.75) is 72.6 Å². The molecule has 148 valence electrons. The summed E-state index contributed by atoms with van der Waals surface area (Å²) in [5, 5.41) is 7.29. The van der Waals surface area contributed by atoms with E-state index in [-0.39, 0.29) is 10.8 Å². The summed E-state index contributed by atoms with van der Waals surface area (Å²) >= 11 is 0. The molecule has 2 aromatic rings. The number of rotatable bonds is 6. The Kier molecular flexibility index (Phi) is 6.62. The van der Waals surface area contributed by atoms with Crippen LogP contribution in [0.3, 0.4) is 0 Å². The van der Waals surface area contributed by atoms with E-state index in [1.807, 2.05) is 0 Å². The van der Waals surface area contributed by atoms with Gasteiger partial charge in [-0.05, 0) is 54.4 Å². The van der Waals surface area contributed by atoms with Crippen LogP contribution in [0.2, 0.25) is 0 Å². The summed E-state index contributed by atoms with van der Waals surface area (Å²) in [7, 11) is 0. The molecular formula is C25H38N2. The van der Waals surface area contributed by atoms with Crippen LogP contribution in [0, 0.1) is 13.8 Å². The minimum atomic E-state index is 0.149.